The van der Waals surface area contributed by atoms with Gasteiger partial charge in [0.05, 0.1) is 5.04 Å². The van der Waals surface area contributed by atoms with E-state index in [1.165, 1.54) is 83.5 Å². The molecule has 0 radical (unpaired) electrons. The number of halogens is 1. The first-order chi connectivity index (χ1) is 14.8. The van der Waals surface area contributed by atoms with Crippen molar-refractivity contribution in [1.82, 2.24) is 0 Å². The molecule has 0 fully saturated rings. The van der Waals surface area contributed by atoms with Crippen molar-refractivity contribution in [2.24, 2.45) is 0 Å². The number of unbranched alkanes of at least 4 members (excludes halogenated alkanes) is 13. The van der Waals surface area contributed by atoms with Crippen molar-refractivity contribution >= 4 is 20.4 Å². The third-order valence-corrected chi connectivity index (χ3v) is 11.6. The molecule has 0 saturated carbocycles. The molecular formula is C26H55ClO3Si. The summed E-state index contributed by atoms with van der Waals surface area (Å²) in [5.41, 5.74) is 0. The van der Waals surface area contributed by atoms with Crippen molar-refractivity contribution in [3.05, 3.63) is 0 Å². The van der Waals surface area contributed by atoms with Crippen LogP contribution >= 0.6 is 11.6 Å². The van der Waals surface area contributed by atoms with Gasteiger partial charge in [0.15, 0.2) is 0 Å². The van der Waals surface area contributed by atoms with Gasteiger partial charge in [-0.05, 0) is 26.7 Å². The molecule has 0 amide bonds. The van der Waals surface area contributed by atoms with Gasteiger partial charge in [-0.15, -0.1) is 11.6 Å². The van der Waals surface area contributed by atoms with Crippen molar-refractivity contribution in [2.45, 2.75) is 147 Å². The lowest BCUT2D eigenvalue weighted by Gasteiger charge is -2.50. The molecule has 0 rings (SSSR count). The Kier molecular flexibility index (Phi) is 18.0. The lowest BCUT2D eigenvalue weighted by atomic mass is 9.84. The van der Waals surface area contributed by atoms with Gasteiger partial charge >= 0.3 is 8.80 Å². The van der Waals surface area contributed by atoms with Gasteiger partial charge in [0.25, 0.3) is 0 Å². The summed E-state index contributed by atoms with van der Waals surface area (Å²) in [6.07, 6.45) is 22.2. The Hall–Kier alpha value is 0.387. The van der Waals surface area contributed by atoms with Crippen LogP contribution in [-0.2, 0) is 13.3 Å². The van der Waals surface area contributed by atoms with Crippen LogP contribution in [0.3, 0.4) is 0 Å². The molecule has 0 aromatic rings. The summed E-state index contributed by atoms with van der Waals surface area (Å²) in [4.78, 5) is -0.451. The third kappa shape index (κ3) is 10.5. The molecule has 0 aliphatic rings. The first kappa shape index (κ1) is 31.4. The normalized spacial score (nSPS) is 14.7. The van der Waals surface area contributed by atoms with E-state index >= 15 is 0 Å². The maximum Gasteiger partial charge on any atom is 0.508 e. The highest BCUT2D eigenvalue weighted by atomic mass is 35.5. The van der Waals surface area contributed by atoms with E-state index in [2.05, 4.69) is 27.7 Å². The third-order valence-electron chi connectivity index (χ3n) is 7.16. The molecule has 0 bridgehead atoms. The Balaban J connectivity index is 4.31. The number of hydrogen-bond acceptors (Lipinski definition) is 3. The van der Waals surface area contributed by atoms with E-state index in [1.54, 1.807) is 21.3 Å². The molecule has 0 N–H and O–H groups in total. The zero-order valence-electron chi connectivity index (χ0n) is 22.1. The van der Waals surface area contributed by atoms with E-state index in [1.807, 2.05) is 0 Å². The number of rotatable bonds is 22. The average Bonchev–Trinajstić information content (AvgIpc) is 2.74. The van der Waals surface area contributed by atoms with Gasteiger partial charge in [-0.2, -0.15) is 0 Å². The first-order valence-electron chi connectivity index (χ1n) is 13.1. The molecule has 0 saturated heterocycles. The predicted molar refractivity (Wildman–Crippen MR) is 139 cm³/mol. The van der Waals surface area contributed by atoms with Crippen molar-refractivity contribution in [3.8, 4) is 0 Å². The summed E-state index contributed by atoms with van der Waals surface area (Å²) in [6.45, 7) is 8.70. The van der Waals surface area contributed by atoms with Crippen molar-refractivity contribution in [1.29, 1.82) is 0 Å². The Bertz CT molecular complexity index is 402. The highest BCUT2D eigenvalue weighted by molar-refractivity contribution is 6.66. The highest BCUT2D eigenvalue weighted by Gasteiger charge is 2.65. The molecule has 0 aromatic heterocycles. The second-order valence-corrected chi connectivity index (χ2v) is 14.1. The molecule has 0 aliphatic carbocycles. The lowest BCUT2D eigenvalue weighted by Crippen LogP contribution is -2.60. The quantitative estimate of drug-likeness (QED) is 0.0880. The Morgan fingerprint density at radius 1 is 0.548 bits per heavy atom. The molecule has 31 heavy (non-hydrogen) atoms. The second kappa shape index (κ2) is 17.8. The van der Waals surface area contributed by atoms with Gasteiger partial charge < -0.3 is 13.3 Å². The standard InChI is InChI=1S/C26H55ClO3Si/c1-8-10-11-12-13-14-15-16-17-18-19-20-21-22-24-26(23-9-2,25(3,4)27)31(28-5,29-6)30-7/h8-24H2,1-7H3. The molecule has 3 nitrogen and oxygen atoms in total. The Morgan fingerprint density at radius 3 is 1.19 bits per heavy atom. The summed E-state index contributed by atoms with van der Waals surface area (Å²) < 4.78 is 17.9. The van der Waals surface area contributed by atoms with E-state index in [0.29, 0.717) is 0 Å². The SMILES string of the molecule is CCCCCCCCCCCCCCCCC(CCC)(C(C)(C)Cl)[Si](OC)(OC)OC. The average molecular weight is 479 g/mol. The molecule has 1 atom stereocenters. The fourth-order valence-corrected chi connectivity index (χ4v) is 9.25. The summed E-state index contributed by atoms with van der Waals surface area (Å²) in [7, 11) is 2.27. The summed E-state index contributed by atoms with van der Waals surface area (Å²) in [5, 5.41) is -0.272. The summed E-state index contributed by atoms with van der Waals surface area (Å²) >= 11 is 7.01. The lowest BCUT2D eigenvalue weighted by molar-refractivity contribution is 0.0710. The predicted octanol–water partition coefficient (Wildman–Crippen LogP) is 9.29. The molecule has 0 aliphatic heterocycles. The molecule has 1 unspecified atom stereocenters. The molecule has 0 aromatic carbocycles. The van der Waals surface area contributed by atoms with Crippen LogP contribution in [0.1, 0.15) is 137 Å². The van der Waals surface area contributed by atoms with E-state index < -0.39 is 13.7 Å². The smallest absolute Gasteiger partial charge is 0.376 e. The molecule has 5 heteroatoms. The van der Waals surface area contributed by atoms with Crippen LogP contribution in [-0.4, -0.2) is 35.0 Å². The number of alkyl halides is 1. The van der Waals surface area contributed by atoms with Gasteiger partial charge in [0, 0.05) is 26.2 Å². The Morgan fingerprint density at radius 2 is 0.903 bits per heavy atom. The van der Waals surface area contributed by atoms with Crippen LogP contribution in [0.2, 0.25) is 5.04 Å². The molecule has 188 valence electrons. The second-order valence-electron chi connectivity index (χ2n) is 9.82. The zero-order chi connectivity index (χ0) is 23.6. The Labute approximate surface area is 201 Å². The maximum absolute atomic E-state index is 7.01. The van der Waals surface area contributed by atoms with Gasteiger partial charge in [-0.25, -0.2) is 0 Å². The van der Waals surface area contributed by atoms with Crippen LogP contribution in [0.4, 0.5) is 0 Å². The van der Waals surface area contributed by atoms with Crippen molar-refractivity contribution < 1.29 is 13.3 Å². The first-order valence-corrected chi connectivity index (χ1v) is 15.3. The molecular weight excluding hydrogens is 424 g/mol. The van der Waals surface area contributed by atoms with Crippen molar-refractivity contribution in [2.75, 3.05) is 21.3 Å². The van der Waals surface area contributed by atoms with E-state index in [9.17, 15) is 0 Å². The molecule has 0 spiro atoms. The monoisotopic (exact) mass is 478 g/mol. The van der Waals surface area contributed by atoms with Crippen LogP contribution in [0.5, 0.6) is 0 Å². The minimum Gasteiger partial charge on any atom is -0.376 e. The van der Waals surface area contributed by atoms with Crippen LogP contribution in [0.25, 0.3) is 0 Å². The zero-order valence-corrected chi connectivity index (χ0v) is 23.9. The molecule has 0 heterocycles. The van der Waals surface area contributed by atoms with Gasteiger partial charge in [-0.1, -0.05) is 110 Å². The van der Waals surface area contributed by atoms with Crippen molar-refractivity contribution in [3.63, 3.8) is 0 Å². The van der Waals surface area contributed by atoms with Crippen LogP contribution < -0.4 is 0 Å². The van der Waals surface area contributed by atoms with Gasteiger partial charge in [0.1, 0.15) is 0 Å². The van der Waals surface area contributed by atoms with E-state index in [0.717, 1.165) is 25.7 Å². The summed E-state index contributed by atoms with van der Waals surface area (Å²) in [5.74, 6) is 0. The largest absolute Gasteiger partial charge is 0.508 e. The number of hydrogen-bond donors (Lipinski definition) is 0. The fourth-order valence-electron chi connectivity index (χ4n) is 5.27. The van der Waals surface area contributed by atoms with Gasteiger partial charge in [0.2, 0.25) is 0 Å². The minimum atomic E-state index is -2.89. The van der Waals surface area contributed by atoms with Crippen LogP contribution in [0.15, 0.2) is 0 Å². The topological polar surface area (TPSA) is 27.7 Å². The maximum atomic E-state index is 7.01. The van der Waals surface area contributed by atoms with Crippen LogP contribution in [0, 0.1) is 0 Å². The fraction of sp³-hybridized carbons (Fsp3) is 1.00. The highest BCUT2D eigenvalue weighted by Crippen LogP contribution is 2.58. The van der Waals surface area contributed by atoms with E-state index in [4.69, 9.17) is 24.9 Å². The van der Waals surface area contributed by atoms with E-state index in [-0.39, 0.29) is 5.04 Å². The summed E-state index contributed by atoms with van der Waals surface area (Å²) in [6, 6.07) is 0. The minimum absolute atomic E-state index is 0.272. The van der Waals surface area contributed by atoms with Gasteiger partial charge in [-0.3, -0.25) is 0 Å².